The van der Waals surface area contributed by atoms with Crippen LogP contribution in [0.25, 0.3) is 6.08 Å². The summed E-state index contributed by atoms with van der Waals surface area (Å²) in [7, 11) is -3.57. The first-order valence-corrected chi connectivity index (χ1v) is 7.22. The predicted octanol–water partition coefficient (Wildman–Crippen LogP) is 2.68. The van der Waals surface area contributed by atoms with Crippen molar-refractivity contribution in [2.75, 3.05) is 10.5 Å². The largest absolute Gasteiger partial charge is 0.397 e. The lowest BCUT2D eigenvalue weighted by atomic mass is 10.2. The highest BCUT2D eigenvalue weighted by atomic mass is 32.2. The summed E-state index contributed by atoms with van der Waals surface area (Å²) < 4.78 is 26.2. The zero-order chi connectivity index (χ0) is 13.7. The summed E-state index contributed by atoms with van der Waals surface area (Å²) in [5, 5.41) is 1.12. The van der Waals surface area contributed by atoms with Crippen LogP contribution in [0.3, 0.4) is 0 Å². The van der Waals surface area contributed by atoms with Gasteiger partial charge < -0.3 is 5.73 Å². The molecule has 0 spiro atoms. The Kier molecular flexibility index (Phi) is 3.87. The first-order chi connectivity index (χ1) is 9.07. The molecule has 0 atom stereocenters. The van der Waals surface area contributed by atoms with Crippen molar-refractivity contribution in [1.29, 1.82) is 0 Å². The van der Waals surface area contributed by atoms with E-state index in [1.165, 1.54) is 6.08 Å². The molecule has 0 heterocycles. The Morgan fingerprint density at radius 1 is 0.947 bits per heavy atom. The Labute approximate surface area is 112 Å². The maximum Gasteiger partial charge on any atom is 0.255 e. The van der Waals surface area contributed by atoms with Gasteiger partial charge in [0, 0.05) is 0 Å². The highest BCUT2D eigenvalue weighted by Gasteiger charge is 2.07. The standard InChI is InChI=1S/C14H14N2O2S/c15-13-8-4-5-9-14(13)16-19(17,18)11-10-12-6-2-1-3-7-12/h1-11,16H,15H2/b11-10+. The molecule has 0 unspecified atom stereocenters. The number of nitrogens with one attached hydrogen (secondary N) is 1. The summed E-state index contributed by atoms with van der Waals surface area (Å²) >= 11 is 0. The van der Waals surface area contributed by atoms with Crippen LogP contribution < -0.4 is 10.5 Å². The molecule has 0 amide bonds. The minimum atomic E-state index is -3.57. The number of rotatable bonds is 4. The smallest absolute Gasteiger partial charge is 0.255 e. The molecule has 4 nitrogen and oxygen atoms in total. The molecular weight excluding hydrogens is 260 g/mol. The van der Waals surface area contributed by atoms with Crippen LogP contribution in [0.2, 0.25) is 0 Å². The maximum atomic E-state index is 11.9. The molecule has 0 aliphatic carbocycles. The van der Waals surface area contributed by atoms with Crippen LogP contribution in [-0.2, 0) is 10.0 Å². The molecule has 0 radical (unpaired) electrons. The third kappa shape index (κ3) is 3.86. The second-order valence-corrected chi connectivity index (χ2v) is 5.51. The van der Waals surface area contributed by atoms with Gasteiger partial charge in [-0.1, -0.05) is 42.5 Å². The number of benzene rings is 2. The fourth-order valence-corrected chi connectivity index (χ4v) is 2.41. The molecule has 0 aliphatic heterocycles. The van der Waals surface area contributed by atoms with Crippen molar-refractivity contribution in [3.05, 3.63) is 65.6 Å². The van der Waals surface area contributed by atoms with Gasteiger partial charge in [0.1, 0.15) is 0 Å². The third-order valence-corrected chi connectivity index (χ3v) is 3.45. The minimum absolute atomic E-state index is 0.375. The summed E-state index contributed by atoms with van der Waals surface area (Å²) in [4.78, 5) is 0. The van der Waals surface area contributed by atoms with E-state index in [0.717, 1.165) is 11.0 Å². The fraction of sp³-hybridized carbons (Fsp3) is 0. The molecule has 3 N–H and O–H groups in total. The van der Waals surface area contributed by atoms with Crippen molar-refractivity contribution in [3.8, 4) is 0 Å². The fourth-order valence-electron chi connectivity index (χ4n) is 1.51. The van der Waals surface area contributed by atoms with Gasteiger partial charge >= 0.3 is 0 Å². The van der Waals surface area contributed by atoms with Gasteiger partial charge in [0.15, 0.2) is 0 Å². The first kappa shape index (κ1) is 13.2. The molecular formula is C14H14N2O2S. The van der Waals surface area contributed by atoms with Gasteiger partial charge in [-0.2, -0.15) is 0 Å². The summed E-state index contributed by atoms with van der Waals surface area (Å²) in [6.45, 7) is 0. The van der Waals surface area contributed by atoms with Crippen molar-refractivity contribution >= 4 is 27.5 Å². The lowest BCUT2D eigenvalue weighted by molar-refractivity contribution is 0.609. The maximum absolute atomic E-state index is 11.9. The van der Waals surface area contributed by atoms with E-state index in [1.807, 2.05) is 30.3 Å². The Hall–Kier alpha value is -2.27. The van der Waals surface area contributed by atoms with E-state index in [0.29, 0.717) is 11.4 Å². The van der Waals surface area contributed by atoms with Gasteiger partial charge in [-0.15, -0.1) is 0 Å². The number of anilines is 2. The van der Waals surface area contributed by atoms with Crippen molar-refractivity contribution in [3.63, 3.8) is 0 Å². The van der Waals surface area contributed by atoms with Gasteiger partial charge in [-0.25, -0.2) is 8.42 Å². The van der Waals surface area contributed by atoms with E-state index in [2.05, 4.69) is 4.72 Å². The summed E-state index contributed by atoms with van der Waals surface area (Å²) in [5.41, 5.74) is 7.26. The minimum Gasteiger partial charge on any atom is -0.397 e. The van der Waals surface area contributed by atoms with Crippen molar-refractivity contribution < 1.29 is 8.42 Å². The molecule has 0 saturated carbocycles. The number of hydrogen-bond acceptors (Lipinski definition) is 3. The number of sulfonamides is 1. The monoisotopic (exact) mass is 274 g/mol. The second kappa shape index (κ2) is 5.58. The van der Waals surface area contributed by atoms with Crippen LogP contribution in [0.15, 0.2) is 60.0 Å². The normalized spacial score (nSPS) is 11.6. The van der Waals surface area contributed by atoms with E-state index < -0.39 is 10.0 Å². The number of hydrogen-bond donors (Lipinski definition) is 2. The zero-order valence-electron chi connectivity index (χ0n) is 10.2. The van der Waals surface area contributed by atoms with Gasteiger partial charge in [0.05, 0.1) is 16.8 Å². The predicted molar refractivity (Wildman–Crippen MR) is 78.9 cm³/mol. The molecule has 19 heavy (non-hydrogen) atoms. The van der Waals surface area contributed by atoms with Crippen LogP contribution in [0.1, 0.15) is 5.56 Å². The molecule has 0 saturated heterocycles. The van der Waals surface area contributed by atoms with Crippen LogP contribution in [0.4, 0.5) is 11.4 Å². The van der Waals surface area contributed by atoms with E-state index >= 15 is 0 Å². The van der Waals surface area contributed by atoms with E-state index in [1.54, 1.807) is 24.3 Å². The average Bonchev–Trinajstić information content (AvgIpc) is 2.40. The SMILES string of the molecule is Nc1ccccc1NS(=O)(=O)/C=C/c1ccccc1. The first-order valence-electron chi connectivity index (χ1n) is 5.67. The molecule has 98 valence electrons. The molecule has 0 aliphatic rings. The van der Waals surface area contributed by atoms with Gasteiger partial charge in [0.25, 0.3) is 10.0 Å². The third-order valence-electron chi connectivity index (χ3n) is 2.45. The Morgan fingerprint density at radius 3 is 2.26 bits per heavy atom. The van der Waals surface area contributed by atoms with Crippen LogP contribution in [0, 0.1) is 0 Å². The van der Waals surface area contributed by atoms with Crippen molar-refractivity contribution in [2.45, 2.75) is 0 Å². The molecule has 0 bridgehead atoms. The van der Waals surface area contributed by atoms with Crippen LogP contribution >= 0.6 is 0 Å². The molecule has 0 fully saturated rings. The summed E-state index contributed by atoms with van der Waals surface area (Å²) in [6, 6.07) is 15.9. The van der Waals surface area contributed by atoms with Crippen molar-refractivity contribution in [2.24, 2.45) is 0 Å². The Morgan fingerprint density at radius 2 is 1.58 bits per heavy atom. The van der Waals surface area contributed by atoms with Gasteiger partial charge in [-0.3, -0.25) is 4.72 Å². The van der Waals surface area contributed by atoms with Crippen LogP contribution in [0.5, 0.6) is 0 Å². The second-order valence-electron chi connectivity index (χ2n) is 3.95. The van der Waals surface area contributed by atoms with Crippen molar-refractivity contribution in [1.82, 2.24) is 0 Å². The lowest BCUT2D eigenvalue weighted by Gasteiger charge is -2.06. The molecule has 2 rings (SSSR count). The van der Waals surface area contributed by atoms with E-state index in [4.69, 9.17) is 5.73 Å². The number of nitrogens with two attached hydrogens (primary N) is 1. The molecule has 2 aromatic rings. The lowest BCUT2D eigenvalue weighted by Crippen LogP contribution is -2.10. The van der Waals surface area contributed by atoms with Gasteiger partial charge in [0.2, 0.25) is 0 Å². The van der Waals surface area contributed by atoms with Crippen LogP contribution in [-0.4, -0.2) is 8.42 Å². The molecule has 2 aromatic carbocycles. The number of para-hydroxylation sites is 2. The number of nitrogen functional groups attached to an aromatic ring is 1. The Bertz CT molecular complexity index is 680. The molecule has 0 aromatic heterocycles. The summed E-state index contributed by atoms with van der Waals surface area (Å²) in [5.74, 6) is 0. The molecule has 5 heteroatoms. The quantitative estimate of drug-likeness (QED) is 0.842. The summed E-state index contributed by atoms with van der Waals surface area (Å²) in [6.07, 6.45) is 1.53. The Balaban J connectivity index is 2.16. The highest BCUT2D eigenvalue weighted by Crippen LogP contribution is 2.18. The highest BCUT2D eigenvalue weighted by molar-refractivity contribution is 7.95. The zero-order valence-corrected chi connectivity index (χ0v) is 11.0. The van der Waals surface area contributed by atoms with Gasteiger partial charge in [-0.05, 0) is 23.8 Å². The van der Waals surface area contributed by atoms with E-state index in [-0.39, 0.29) is 0 Å². The van der Waals surface area contributed by atoms with E-state index in [9.17, 15) is 8.42 Å². The average molecular weight is 274 g/mol. The topological polar surface area (TPSA) is 72.2 Å².